The monoisotopic (exact) mass is 371 g/mol. The van der Waals surface area contributed by atoms with E-state index in [1.807, 2.05) is 5.32 Å². The summed E-state index contributed by atoms with van der Waals surface area (Å²) in [6.45, 7) is 0. The van der Waals surface area contributed by atoms with E-state index in [1.165, 1.54) is 18.2 Å². The maximum atomic E-state index is 13.4. The van der Waals surface area contributed by atoms with Crippen molar-refractivity contribution in [2.24, 2.45) is 0 Å². The maximum Gasteiger partial charge on any atom is 0.335 e. The summed E-state index contributed by atoms with van der Waals surface area (Å²) in [6, 6.07) is 6.84. The minimum Gasteiger partial charge on any atom is -0.502 e. The Labute approximate surface area is 150 Å². The first-order valence-electron chi connectivity index (χ1n) is 7.42. The lowest BCUT2D eigenvalue weighted by Gasteiger charge is -2.26. The summed E-state index contributed by atoms with van der Waals surface area (Å²) in [4.78, 5) is 47.3. The third kappa shape index (κ3) is 3.35. The summed E-state index contributed by atoms with van der Waals surface area (Å²) in [5.41, 5.74) is -1.12. The van der Waals surface area contributed by atoms with Crippen molar-refractivity contribution in [2.75, 3.05) is 4.90 Å². The van der Waals surface area contributed by atoms with Crippen molar-refractivity contribution in [3.05, 3.63) is 69.5 Å². The van der Waals surface area contributed by atoms with Crippen molar-refractivity contribution in [2.45, 2.75) is 0 Å². The first-order chi connectivity index (χ1) is 12.8. The molecule has 9 nitrogen and oxygen atoms in total. The van der Waals surface area contributed by atoms with Gasteiger partial charge in [0.05, 0.1) is 10.6 Å². The number of carbonyl (C=O) groups excluding carboxylic acids is 3. The second-order valence-corrected chi connectivity index (χ2v) is 5.44. The molecule has 4 amide bonds. The van der Waals surface area contributed by atoms with Crippen LogP contribution < -0.4 is 10.2 Å². The highest BCUT2D eigenvalue weighted by Gasteiger charge is 2.37. The number of phenols is 1. The Bertz CT molecular complexity index is 1030. The largest absolute Gasteiger partial charge is 0.502 e. The number of carbonyl (C=O) groups is 3. The number of phenolic OH excluding ortho intramolecular Hbond substituents is 1. The fourth-order valence-electron chi connectivity index (χ4n) is 2.45. The Morgan fingerprint density at radius 2 is 1.89 bits per heavy atom. The molecule has 10 heteroatoms. The van der Waals surface area contributed by atoms with Gasteiger partial charge in [0, 0.05) is 6.07 Å². The van der Waals surface area contributed by atoms with Crippen LogP contribution in [-0.2, 0) is 9.59 Å². The summed E-state index contributed by atoms with van der Waals surface area (Å²) < 4.78 is 13.4. The predicted octanol–water partition coefficient (Wildman–Crippen LogP) is 2.11. The number of nitro benzene ring substituents is 1. The van der Waals surface area contributed by atoms with E-state index >= 15 is 0 Å². The molecule has 1 fully saturated rings. The predicted molar refractivity (Wildman–Crippen MR) is 90.2 cm³/mol. The van der Waals surface area contributed by atoms with Crippen molar-refractivity contribution >= 4 is 35.3 Å². The number of hydrogen-bond donors (Lipinski definition) is 2. The van der Waals surface area contributed by atoms with Gasteiger partial charge in [-0.2, -0.15) is 0 Å². The van der Waals surface area contributed by atoms with Crippen LogP contribution in [0.4, 0.5) is 20.6 Å². The molecule has 0 bridgehead atoms. The van der Waals surface area contributed by atoms with Gasteiger partial charge < -0.3 is 5.11 Å². The molecule has 0 aliphatic carbocycles. The lowest BCUT2D eigenvalue weighted by molar-refractivity contribution is -0.385. The molecule has 0 unspecified atom stereocenters. The molecule has 1 saturated heterocycles. The molecule has 2 N–H and O–H groups in total. The Balaban J connectivity index is 2.04. The number of nitrogens with one attached hydrogen (secondary N) is 1. The number of amides is 4. The zero-order valence-electron chi connectivity index (χ0n) is 13.4. The van der Waals surface area contributed by atoms with E-state index in [2.05, 4.69) is 0 Å². The number of imide groups is 2. The van der Waals surface area contributed by atoms with E-state index < -0.39 is 45.6 Å². The molecule has 3 rings (SSSR count). The number of benzene rings is 2. The smallest absolute Gasteiger partial charge is 0.335 e. The Kier molecular flexibility index (Phi) is 4.38. The maximum absolute atomic E-state index is 13.4. The molecule has 27 heavy (non-hydrogen) atoms. The number of rotatable bonds is 3. The number of anilines is 1. The van der Waals surface area contributed by atoms with Gasteiger partial charge in [0.2, 0.25) is 0 Å². The van der Waals surface area contributed by atoms with Crippen molar-refractivity contribution in [1.82, 2.24) is 5.32 Å². The first kappa shape index (κ1) is 17.7. The van der Waals surface area contributed by atoms with Crippen LogP contribution in [-0.4, -0.2) is 27.9 Å². The third-order valence-corrected chi connectivity index (χ3v) is 3.68. The SMILES string of the molecule is O=C1NC(=O)N(c2cccc(F)c2)C(=O)/C1=C/c1ccc(O)c([N+](=O)[O-])c1. The molecule has 2 aromatic rings. The molecule has 0 radical (unpaired) electrons. The number of halogens is 1. The van der Waals surface area contributed by atoms with E-state index in [1.54, 1.807) is 0 Å². The number of urea groups is 1. The minimum absolute atomic E-state index is 0.0755. The lowest BCUT2D eigenvalue weighted by Crippen LogP contribution is -2.54. The van der Waals surface area contributed by atoms with Crippen LogP contribution in [0, 0.1) is 15.9 Å². The quantitative estimate of drug-likeness (QED) is 0.368. The Morgan fingerprint density at radius 3 is 2.56 bits per heavy atom. The lowest BCUT2D eigenvalue weighted by atomic mass is 10.1. The molecule has 0 saturated carbocycles. The Morgan fingerprint density at radius 1 is 1.15 bits per heavy atom. The van der Waals surface area contributed by atoms with Gasteiger partial charge in [-0.1, -0.05) is 12.1 Å². The van der Waals surface area contributed by atoms with Crippen LogP contribution in [0.5, 0.6) is 5.75 Å². The van der Waals surface area contributed by atoms with Crippen LogP contribution in [0.3, 0.4) is 0 Å². The summed E-state index contributed by atoms with van der Waals surface area (Å²) >= 11 is 0. The average molecular weight is 371 g/mol. The van der Waals surface area contributed by atoms with E-state index in [4.69, 9.17) is 0 Å². The van der Waals surface area contributed by atoms with Crippen LogP contribution in [0.25, 0.3) is 6.08 Å². The fourth-order valence-corrected chi connectivity index (χ4v) is 2.45. The van der Waals surface area contributed by atoms with Gasteiger partial charge in [-0.25, -0.2) is 14.1 Å². The van der Waals surface area contributed by atoms with Gasteiger partial charge >= 0.3 is 11.7 Å². The molecular weight excluding hydrogens is 361 g/mol. The van der Waals surface area contributed by atoms with Crippen molar-refractivity contribution in [3.63, 3.8) is 0 Å². The zero-order chi connectivity index (χ0) is 19.7. The second-order valence-electron chi connectivity index (χ2n) is 5.44. The summed E-state index contributed by atoms with van der Waals surface area (Å²) in [6.07, 6.45) is 1.03. The molecule has 1 heterocycles. The normalized spacial score (nSPS) is 15.8. The highest BCUT2D eigenvalue weighted by atomic mass is 19.1. The summed E-state index contributed by atoms with van der Waals surface area (Å²) in [5, 5.41) is 22.3. The topological polar surface area (TPSA) is 130 Å². The summed E-state index contributed by atoms with van der Waals surface area (Å²) in [5.74, 6) is -3.30. The van der Waals surface area contributed by atoms with Gasteiger partial charge in [0.15, 0.2) is 5.75 Å². The number of nitro groups is 1. The van der Waals surface area contributed by atoms with E-state index in [-0.39, 0.29) is 11.3 Å². The number of hydrogen-bond acceptors (Lipinski definition) is 6. The number of barbiturate groups is 1. The zero-order valence-corrected chi connectivity index (χ0v) is 13.4. The first-order valence-corrected chi connectivity index (χ1v) is 7.42. The van der Waals surface area contributed by atoms with Crippen LogP contribution in [0.15, 0.2) is 48.0 Å². The molecule has 136 valence electrons. The number of nitrogens with zero attached hydrogens (tertiary/aromatic N) is 2. The Hall–Kier alpha value is -4.08. The fraction of sp³-hybridized carbons (Fsp3) is 0. The molecule has 0 spiro atoms. The van der Waals surface area contributed by atoms with Gasteiger partial charge in [0.1, 0.15) is 11.4 Å². The highest BCUT2D eigenvalue weighted by molar-refractivity contribution is 6.39. The van der Waals surface area contributed by atoms with Gasteiger partial charge in [-0.3, -0.25) is 25.0 Å². The van der Waals surface area contributed by atoms with E-state index in [9.17, 15) is 34.0 Å². The van der Waals surface area contributed by atoms with Crippen molar-refractivity contribution < 1.29 is 28.8 Å². The molecular formula is C17H10FN3O6. The molecule has 2 aromatic carbocycles. The van der Waals surface area contributed by atoms with Gasteiger partial charge in [-0.15, -0.1) is 0 Å². The van der Waals surface area contributed by atoms with Crippen LogP contribution >= 0.6 is 0 Å². The molecule has 0 atom stereocenters. The minimum atomic E-state index is -1.05. The van der Waals surface area contributed by atoms with Crippen molar-refractivity contribution in [3.8, 4) is 5.75 Å². The third-order valence-electron chi connectivity index (χ3n) is 3.68. The standard InChI is InChI=1S/C17H10FN3O6/c18-10-2-1-3-11(8-10)20-16(24)12(15(23)19-17(20)25)6-9-4-5-14(22)13(7-9)21(26)27/h1-8,22H,(H,19,23,25)/b12-6+. The molecule has 0 aromatic heterocycles. The molecule has 1 aliphatic heterocycles. The average Bonchev–Trinajstić information content (AvgIpc) is 2.59. The van der Waals surface area contributed by atoms with Gasteiger partial charge in [-0.05, 0) is 35.9 Å². The van der Waals surface area contributed by atoms with E-state index in [0.29, 0.717) is 4.90 Å². The van der Waals surface area contributed by atoms with E-state index in [0.717, 1.165) is 30.3 Å². The number of aromatic hydroxyl groups is 1. The molecule has 1 aliphatic rings. The summed E-state index contributed by atoms with van der Waals surface area (Å²) in [7, 11) is 0. The van der Waals surface area contributed by atoms with Crippen LogP contribution in [0.2, 0.25) is 0 Å². The van der Waals surface area contributed by atoms with Crippen molar-refractivity contribution in [1.29, 1.82) is 0 Å². The van der Waals surface area contributed by atoms with Gasteiger partial charge in [0.25, 0.3) is 11.8 Å². The highest BCUT2D eigenvalue weighted by Crippen LogP contribution is 2.28. The second kappa shape index (κ2) is 6.67. The van der Waals surface area contributed by atoms with Crippen LogP contribution in [0.1, 0.15) is 5.56 Å².